The third-order valence-electron chi connectivity index (χ3n) is 2.13. The van der Waals surface area contributed by atoms with Crippen molar-refractivity contribution in [1.82, 2.24) is 14.6 Å². The molecule has 0 radical (unpaired) electrons. The van der Waals surface area contributed by atoms with E-state index in [4.69, 9.17) is 0 Å². The van der Waals surface area contributed by atoms with Gasteiger partial charge in [0.05, 0.1) is 0 Å². The summed E-state index contributed by atoms with van der Waals surface area (Å²) in [6, 6.07) is 5.87. The SMILES string of the molecule is CCCCNc1nnc2ccccn12. The predicted molar refractivity (Wildman–Crippen MR) is 56.4 cm³/mol. The molecule has 0 spiro atoms. The van der Waals surface area contributed by atoms with Crippen LogP contribution >= 0.6 is 0 Å². The fraction of sp³-hybridized carbons (Fsp3) is 0.400. The van der Waals surface area contributed by atoms with Crippen LogP contribution in [0.5, 0.6) is 0 Å². The average molecular weight is 190 g/mol. The first kappa shape index (κ1) is 8.99. The molecule has 2 aromatic heterocycles. The van der Waals surface area contributed by atoms with Crippen molar-refractivity contribution in [3.8, 4) is 0 Å². The van der Waals surface area contributed by atoms with Crippen molar-refractivity contribution in [3.63, 3.8) is 0 Å². The molecule has 0 saturated carbocycles. The van der Waals surface area contributed by atoms with Crippen molar-refractivity contribution >= 4 is 11.6 Å². The molecular formula is C10H14N4. The number of nitrogens with zero attached hydrogens (tertiary/aromatic N) is 3. The molecule has 2 heterocycles. The molecule has 0 aliphatic heterocycles. The maximum absolute atomic E-state index is 4.07. The third kappa shape index (κ3) is 1.69. The van der Waals surface area contributed by atoms with Crippen LogP contribution in [0.25, 0.3) is 5.65 Å². The topological polar surface area (TPSA) is 42.2 Å². The van der Waals surface area contributed by atoms with Crippen molar-refractivity contribution < 1.29 is 0 Å². The lowest BCUT2D eigenvalue weighted by molar-refractivity contribution is 0.824. The second-order valence-corrected chi connectivity index (χ2v) is 3.23. The smallest absolute Gasteiger partial charge is 0.229 e. The van der Waals surface area contributed by atoms with Gasteiger partial charge < -0.3 is 5.32 Å². The van der Waals surface area contributed by atoms with Gasteiger partial charge in [-0.05, 0) is 18.6 Å². The van der Waals surface area contributed by atoms with Crippen LogP contribution in [0.2, 0.25) is 0 Å². The van der Waals surface area contributed by atoms with Gasteiger partial charge in [0.1, 0.15) is 0 Å². The van der Waals surface area contributed by atoms with Gasteiger partial charge in [0.2, 0.25) is 5.95 Å². The highest BCUT2D eigenvalue weighted by molar-refractivity contribution is 5.44. The summed E-state index contributed by atoms with van der Waals surface area (Å²) in [5, 5.41) is 11.4. The zero-order valence-corrected chi connectivity index (χ0v) is 8.27. The molecule has 0 unspecified atom stereocenters. The predicted octanol–water partition coefficient (Wildman–Crippen LogP) is 1.94. The van der Waals surface area contributed by atoms with Crippen LogP contribution in [0.3, 0.4) is 0 Å². The Kier molecular flexibility index (Phi) is 2.62. The van der Waals surface area contributed by atoms with Crippen molar-refractivity contribution in [2.45, 2.75) is 19.8 Å². The Morgan fingerprint density at radius 2 is 2.29 bits per heavy atom. The zero-order chi connectivity index (χ0) is 9.80. The van der Waals surface area contributed by atoms with E-state index in [0.29, 0.717) is 0 Å². The number of hydrogen-bond donors (Lipinski definition) is 1. The molecule has 4 heteroatoms. The van der Waals surface area contributed by atoms with Gasteiger partial charge in [-0.15, -0.1) is 10.2 Å². The average Bonchev–Trinajstić information content (AvgIpc) is 2.63. The van der Waals surface area contributed by atoms with E-state index in [0.717, 1.165) is 24.6 Å². The van der Waals surface area contributed by atoms with E-state index in [1.54, 1.807) is 0 Å². The number of nitrogens with one attached hydrogen (secondary N) is 1. The van der Waals surface area contributed by atoms with Crippen LogP contribution in [-0.2, 0) is 0 Å². The fourth-order valence-electron chi connectivity index (χ4n) is 1.34. The largest absolute Gasteiger partial charge is 0.354 e. The van der Waals surface area contributed by atoms with E-state index in [2.05, 4.69) is 22.4 Å². The molecule has 1 N–H and O–H groups in total. The van der Waals surface area contributed by atoms with Gasteiger partial charge in [-0.25, -0.2) is 0 Å². The molecular weight excluding hydrogens is 176 g/mol. The molecule has 0 aliphatic rings. The van der Waals surface area contributed by atoms with E-state index >= 15 is 0 Å². The molecule has 0 amide bonds. The molecule has 0 aromatic carbocycles. The van der Waals surface area contributed by atoms with Gasteiger partial charge in [-0.3, -0.25) is 4.40 Å². The summed E-state index contributed by atoms with van der Waals surface area (Å²) in [6.07, 6.45) is 4.30. The molecule has 2 aromatic rings. The first-order valence-electron chi connectivity index (χ1n) is 4.95. The van der Waals surface area contributed by atoms with Gasteiger partial charge in [0.25, 0.3) is 0 Å². The number of rotatable bonds is 4. The Morgan fingerprint density at radius 3 is 3.14 bits per heavy atom. The highest BCUT2D eigenvalue weighted by Crippen LogP contribution is 2.07. The van der Waals surface area contributed by atoms with E-state index in [1.165, 1.54) is 6.42 Å². The molecule has 0 fully saturated rings. The van der Waals surface area contributed by atoms with Crippen molar-refractivity contribution in [2.75, 3.05) is 11.9 Å². The van der Waals surface area contributed by atoms with E-state index in [9.17, 15) is 0 Å². The minimum Gasteiger partial charge on any atom is -0.354 e. The van der Waals surface area contributed by atoms with Crippen molar-refractivity contribution in [3.05, 3.63) is 24.4 Å². The second kappa shape index (κ2) is 4.09. The third-order valence-corrected chi connectivity index (χ3v) is 2.13. The molecule has 0 aliphatic carbocycles. The highest BCUT2D eigenvalue weighted by atomic mass is 15.3. The number of fused-ring (bicyclic) bond motifs is 1. The Bertz CT molecular complexity index is 407. The van der Waals surface area contributed by atoms with Gasteiger partial charge >= 0.3 is 0 Å². The highest BCUT2D eigenvalue weighted by Gasteiger charge is 2.01. The first-order valence-corrected chi connectivity index (χ1v) is 4.95. The lowest BCUT2D eigenvalue weighted by atomic mass is 10.3. The Labute approximate surface area is 83.0 Å². The van der Waals surface area contributed by atoms with Crippen LogP contribution < -0.4 is 5.32 Å². The maximum Gasteiger partial charge on any atom is 0.229 e. The number of anilines is 1. The van der Waals surface area contributed by atoms with Gasteiger partial charge in [0, 0.05) is 12.7 Å². The molecule has 0 atom stereocenters. The van der Waals surface area contributed by atoms with Crippen LogP contribution in [0.4, 0.5) is 5.95 Å². The standard InChI is InChI=1S/C10H14N4/c1-2-3-7-11-10-13-12-9-6-4-5-8-14(9)10/h4-6,8H,2-3,7H2,1H3,(H,11,13). The molecule has 0 saturated heterocycles. The summed E-state index contributed by atoms with van der Waals surface area (Å²) in [5.74, 6) is 0.828. The Balaban J connectivity index is 2.17. The fourth-order valence-corrected chi connectivity index (χ4v) is 1.34. The Morgan fingerprint density at radius 1 is 1.36 bits per heavy atom. The van der Waals surface area contributed by atoms with Crippen LogP contribution in [-0.4, -0.2) is 21.1 Å². The minimum absolute atomic E-state index is 0.828. The minimum atomic E-state index is 0.828. The lowest BCUT2D eigenvalue weighted by Crippen LogP contribution is -2.04. The second-order valence-electron chi connectivity index (χ2n) is 3.23. The van der Waals surface area contributed by atoms with Gasteiger partial charge in [-0.2, -0.15) is 0 Å². The molecule has 74 valence electrons. The molecule has 14 heavy (non-hydrogen) atoms. The van der Waals surface area contributed by atoms with E-state index < -0.39 is 0 Å². The van der Waals surface area contributed by atoms with Crippen molar-refractivity contribution in [2.24, 2.45) is 0 Å². The first-order chi connectivity index (χ1) is 6.92. The van der Waals surface area contributed by atoms with Crippen LogP contribution in [0, 0.1) is 0 Å². The molecule has 2 rings (SSSR count). The quantitative estimate of drug-likeness (QED) is 0.749. The summed E-state index contributed by atoms with van der Waals surface area (Å²) in [5.41, 5.74) is 0.881. The summed E-state index contributed by atoms with van der Waals surface area (Å²) >= 11 is 0. The maximum atomic E-state index is 4.07. The van der Waals surface area contributed by atoms with E-state index in [-0.39, 0.29) is 0 Å². The van der Waals surface area contributed by atoms with Crippen LogP contribution in [0.15, 0.2) is 24.4 Å². The van der Waals surface area contributed by atoms with Crippen LogP contribution in [0.1, 0.15) is 19.8 Å². The van der Waals surface area contributed by atoms with Crippen molar-refractivity contribution in [1.29, 1.82) is 0 Å². The van der Waals surface area contributed by atoms with E-state index in [1.807, 2.05) is 28.8 Å². The number of pyridine rings is 1. The summed E-state index contributed by atoms with van der Waals surface area (Å²) in [4.78, 5) is 0. The summed E-state index contributed by atoms with van der Waals surface area (Å²) in [6.45, 7) is 3.12. The van der Waals surface area contributed by atoms with Gasteiger partial charge in [0.15, 0.2) is 5.65 Å². The number of hydrogen-bond acceptors (Lipinski definition) is 3. The normalized spacial score (nSPS) is 10.6. The number of unbranched alkanes of at least 4 members (excludes halogenated alkanes) is 1. The molecule has 0 bridgehead atoms. The Hall–Kier alpha value is -1.58. The van der Waals surface area contributed by atoms with Gasteiger partial charge in [-0.1, -0.05) is 19.4 Å². The monoisotopic (exact) mass is 190 g/mol. The number of aromatic nitrogens is 3. The summed E-state index contributed by atoms with van der Waals surface area (Å²) < 4.78 is 1.95. The molecule has 4 nitrogen and oxygen atoms in total. The lowest BCUT2D eigenvalue weighted by Gasteiger charge is -2.01. The summed E-state index contributed by atoms with van der Waals surface area (Å²) in [7, 11) is 0. The zero-order valence-electron chi connectivity index (χ0n) is 8.27.